The molecule has 1 aromatic rings. The molecule has 1 atom stereocenters. The third-order valence-corrected chi connectivity index (χ3v) is 5.68. The summed E-state index contributed by atoms with van der Waals surface area (Å²) in [5, 5.41) is 28.3. The molecular weight excluding hydrogens is 410 g/mol. The van der Waals surface area contributed by atoms with Crippen LogP contribution in [0.1, 0.15) is 18.4 Å². The number of carboxylic acid groups (broad SMARTS) is 1. The Morgan fingerprint density at radius 1 is 1.33 bits per heavy atom. The Bertz CT molecular complexity index is 605. The maximum Gasteiger partial charge on any atom is 0.326 e. The molecule has 1 aromatic carbocycles. The summed E-state index contributed by atoms with van der Waals surface area (Å²) < 4.78 is 0.886. The average molecular weight is 423 g/mol. The molecule has 1 amide bonds. The zero-order valence-corrected chi connectivity index (χ0v) is 14.0. The van der Waals surface area contributed by atoms with E-state index in [0.717, 1.165) is 0 Å². The van der Waals surface area contributed by atoms with Crippen molar-refractivity contribution in [3.05, 3.63) is 20.6 Å². The zero-order chi connectivity index (χ0) is 15.7. The second-order valence-electron chi connectivity index (χ2n) is 4.76. The van der Waals surface area contributed by atoms with Crippen LogP contribution in [0.2, 0.25) is 0 Å². The van der Waals surface area contributed by atoms with Crippen molar-refractivity contribution in [2.24, 2.45) is 0 Å². The number of aliphatic carboxylic acids is 1. The minimum atomic E-state index is -1.00. The van der Waals surface area contributed by atoms with Crippen molar-refractivity contribution in [2.45, 2.75) is 25.3 Å². The first-order valence-corrected chi connectivity index (χ1v) is 7.82. The molecule has 1 aliphatic heterocycles. The van der Waals surface area contributed by atoms with Crippen molar-refractivity contribution in [3.63, 3.8) is 0 Å². The van der Waals surface area contributed by atoms with Crippen LogP contribution < -0.4 is 0 Å². The Morgan fingerprint density at radius 2 is 2.00 bits per heavy atom. The van der Waals surface area contributed by atoms with E-state index in [4.69, 9.17) is 5.11 Å². The normalized spacial score (nSPS) is 18.3. The Hall–Kier alpha value is -1.28. The number of likely N-dealkylation sites (tertiary alicyclic amines) is 1. The fourth-order valence-corrected chi connectivity index (χ4v) is 3.31. The molecule has 3 N–H and O–H groups in total. The van der Waals surface area contributed by atoms with Gasteiger partial charge in [0.1, 0.15) is 6.04 Å². The summed E-state index contributed by atoms with van der Waals surface area (Å²) in [7, 11) is 0. The van der Waals surface area contributed by atoms with Gasteiger partial charge in [-0.15, -0.1) is 0 Å². The fraction of sp³-hybridized carbons (Fsp3) is 0.385. The summed E-state index contributed by atoms with van der Waals surface area (Å²) in [6.45, 7) is 0.241. The van der Waals surface area contributed by atoms with E-state index in [2.05, 4.69) is 31.9 Å². The third kappa shape index (κ3) is 3.16. The van der Waals surface area contributed by atoms with Gasteiger partial charge >= 0.3 is 5.97 Å². The molecule has 1 aliphatic rings. The highest BCUT2D eigenvalue weighted by atomic mass is 79.9. The number of hydrogen-bond donors (Lipinski definition) is 3. The second-order valence-corrected chi connectivity index (χ2v) is 6.35. The summed E-state index contributed by atoms with van der Waals surface area (Å²) in [4.78, 5) is 24.2. The minimum absolute atomic E-state index is 0.180. The molecule has 1 unspecified atom stereocenters. The molecular formula is C13H13Br2NO5. The number of carboxylic acids is 1. The number of phenolic OH excluding ortho intramolecular Hbond substituents is 2. The summed E-state index contributed by atoms with van der Waals surface area (Å²) in [5.74, 6) is -1.73. The molecule has 0 bridgehead atoms. The van der Waals surface area contributed by atoms with E-state index < -0.39 is 12.0 Å². The van der Waals surface area contributed by atoms with Crippen LogP contribution in [0.25, 0.3) is 0 Å². The lowest BCUT2D eigenvalue weighted by Crippen LogP contribution is -2.39. The highest BCUT2D eigenvalue weighted by molar-refractivity contribution is 9.13. The molecule has 0 spiro atoms. The Kier molecular flexibility index (Phi) is 4.77. The largest absolute Gasteiger partial charge is 0.504 e. The van der Waals surface area contributed by atoms with Gasteiger partial charge in [-0.3, -0.25) is 4.79 Å². The Morgan fingerprint density at radius 3 is 2.62 bits per heavy atom. The van der Waals surface area contributed by atoms with E-state index in [-0.39, 0.29) is 30.4 Å². The molecule has 6 nitrogen and oxygen atoms in total. The van der Waals surface area contributed by atoms with E-state index in [1.807, 2.05) is 0 Å². The standard InChI is InChI=1S/C13H13Br2NO5/c14-10-6(5-8(17)12(19)11(10)15)3-4-16-7(13(20)21)1-2-9(16)18/h5,7,17,19H,1-4H2,(H,20,21). The number of carbonyl (C=O) groups excluding carboxylic acids is 1. The van der Waals surface area contributed by atoms with Gasteiger partial charge in [0.25, 0.3) is 0 Å². The van der Waals surface area contributed by atoms with Crippen LogP contribution in [-0.2, 0) is 16.0 Å². The summed E-state index contributed by atoms with van der Waals surface area (Å²) >= 11 is 6.45. The SMILES string of the molecule is O=C(O)C1CCC(=O)N1CCc1cc(O)c(O)c(Br)c1Br. The van der Waals surface area contributed by atoms with E-state index in [9.17, 15) is 19.8 Å². The zero-order valence-electron chi connectivity index (χ0n) is 10.8. The van der Waals surface area contributed by atoms with E-state index in [1.165, 1.54) is 11.0 Å². The van der Waals surface area contributed by atoms with Crippen LogP contribution >= 0.6 is 31.9 Å². The van der Waals surface area contributed by atoms with Crippen molar-refractivity contribution in [3.8, 4) is 11.5 Å². The predicted octanol–water partition coefficient (Wildman–Crippen LogP) is 2.24. The lowest BCUT2D eigenvalue weighted by Gasteiger charge is -2.22. The minimum Gasteiger partial charge on any atom is -0.504 e. The van der Waals surface area contributed by atoms with Gasteiger partial charge in [0.2, 0.25) is 5.91 Å². The molecule has 0 aliphatic carbocycles. The first-order chi connectivity index (χ1) is 9.82. The van der Waals surface area contributed by atoms with Gasteiger partial charge in [-0.05, 0) is 56.3 Å². The lowest BCUT2D eigenvalue weighted by atomic mass is 10.1. The van der Waals surface area contributed by atoms with Gasteiger partial charge in [0.15, 0.2) is 11.5 Å². The summed E-state index contributed by atoms with van der Waals surface area (Å²) in [5.41, 5.74) is 0.668. The van der Waals surface area contributed by atoms with Crippen molar-refractivity contribution < 1.29 is 24.9 Å². The van der Waals surface area contributed by atoms with E-state index in [0.29, 0.717) is 27.4 Å². The maximum atomic E-state index is 11.7. The predicted molar refractivity (Wildman–Crippen MR) is 81.2 cm³/mol. The number of nitrogens with zero attached hydrogens (tertiary/aromatic N) is 1. The van der Waals surface area contributed by atoms with Crippen molar-refractivity contribution in [1.29, 1.82) is 0 Å². The van der Waals surface area contributed by atoms with Crippen molar-refractivity contribution in [2.75, 3.05) is 6.54 Å². The van der Waals surface area contributed by atoms with Gasteiger partial charge < -0.3 is 20.2 Å². The number of phenols is 2. The van der Waals surface area contributed by atoms with Gasteiger partial charge in [0, 0.05) is 17.4 Å². The fourth-order valence-electron chi connectivity index (χ4n) is 2.35. The third-order valence-electron chi connectivity index (χ3n) is 3.47. The van der Waals surface area contributed by atoms with Gasteiger partial charge in [0.05, 0.1) is 4.47 Å². The number of benzene rings is 1. The molecule has 114 valence electrons. The number of rotatable bonds is 4. The molecule has 21 heavy (non-hydrogen) atoms. The second kappa shape index (κ2) is 6.23. The average Bonchev–Trinajstić information content (AvgIpc) is 2.80. The molecule has 1 fully saturated rings. The van der Waals surface area contributed by atoms with Crippen molar-refractivity contribution >= 4 is 43.7 Å². The number of aromatic hydroxyl groups is 2. The first-order valence-electron chi connectivity index (χ1n) is 6.24. The lowest BCUT2D eigenvalue weighted by molar-refractivity contribution is -0.146. The smallest absolute Gasteiger partial charge is 0.326 e. The molecule has 2 rings (SSSR count). The highest BCUT2D eigenvalue weighted by Crippen LogP contribution is 2.41. The highest BCUT2D eigenvalue weighted by Gasteiger charge is 2.35. The van der Waals surface area contributed by atoms with E-state index >= 15 is 0 Å². The van der Waals surface area contributed by atoms with Gasteiger partial charge in [-0.2, -0.15) is 0 Å². The number of halogens is 2. The van der Waals surface area contributed by atoms with Gasteiger partial charge in [-0.25, -0.2) is 4.79 Å². The van der Waals surface area contributed by atoms with Crippen molar-refractivity contribution in [1.82, 2.24) is 4.90 Å². The summed E-state index contributed by atoms with van der Waals surface area (Å²) in [6, 6.07) is 0.603. The molecule has 0 saturated carbocycles. The quantitative estimate of drug-likeness (QED) is 0.646. The van der Waals surface area contributed by atoms with Crippen LogP contribution in [0.15, 0.2) is 15.0 Å². The number of carbonyl (C=O) groups is 2. The Balaban J connectivity index is 2.16. The molecule has 1 saturated heterocycles. The maximum absolute atomic E-state index is 11.7. The monoisotopic (exact) mass is 421 g/mol. The van der Waals surface area contributed by atoms with Crippen LogP contribution in [0.3, 0.4) is 0 Å². The summed E-state index contributed by atoms with van der Waals surface area (Å²) in [6.07, 6.45) is 0.922. The number of amides is 1. The van der Waals surface area contributed by atoms with Crippen LogP contribution in [0.4, 0.5) is 0 Å². The van der Waals surface area contributed by atoms with Crippen LogP contribution in [0, 0.1) is 0 Å². The van der Waals surface area contributed by atoms with Crippen LogP contribution in [0.5, 0.6) is 11.5 Å². The van der Waals surface area contributed by atoms with Gasteiger partial charge in [-0.1, -0.05) is 0 Å². The Labute approximate surface area is 137 Å². The topological polar surface area (TPSA) is 98.1 Å². The van der Waals surface area contributed by atoms with Crippen LogP contribution in [-0.4, -0.2) is 44.7 Å². The molecule has 0 radical (unpaired) electrons. The molecule has 8 heteroatoms. The van der Waals surface area contributed by atoms with E-state index in [1.54, 1.807) is 0 Å². The molecule has 0 aromatic heterocycles. The number of hydrogen-bond acceptors (Lipinski definition) is 4. The first kappa shape index (κ1) is 16.1. The molecule has 1 heterocycles.